The first-order valence-corrected chi connectivity index (χ1v) is 5.06. The molecule has 0 saturated carbocycles. The molecule has 0 aliphatic carbocycles. The first-order valence-electron chi connectivity index (χ1n) is 4.68. The zero-order chi connectivity index (χ0) is 11.5. The highest BCUT2D eigenvalue weighted by Crippen LogP contribution is 2.24. The van der Waals surface area contributed by atoms with Crippen LogP contribution in [-0.4, -0.2) is 15.0 Å². The molecule has 0 aliphatic rings. The lowest BCUT2D eigenvalue weighted by molar-refractivity contribution is 0.611. The summed E-state index contributed by atoms with van der Waals surface area (Å²) in [5.41, 5.74) is 1.09. The Morgan fingerprint density at radius 1 is 1.50 bits per heavy atom. The topological polar surface area (TPSA) is 30.7 Å². The fourth-order valence-corrected chi connectivity index (χ4v) is 1.65. The van der Waals surface area contributed by atoms with E-state index in [2.05, 4.69) is 16.9 Å². The molecule has 1 aromatic carbocycles. The molecule has 0 radical (unpaired) electrons. The predicted molar refractivity (Wildman–Crippen MR) is 60.2 cm³/mol. The summed E-state index contributed by atoms with van der Waals surface area (Å²) in [5, 5.41) is 7.60. The number of nitrogens with zero attached hydrogens (tertiary/aromatic N) is 3. The summed E-state index contributed by atoms with van der Waals surface area (Å²) in [5.74, 6) is -0.436. The van der Waals surface area contributed by atoms with Crippen molar-refractivity contribution in [2.45, 2.75) is 6.42 Å². The van der Waals surface area contributed by atoms with Crippen molar-refractivity contribution in [1.29, 1.82) is 0 Å². The third-order valence-electron chi connectivity index (χ3n) is 2.19. The van der Waals surface area contributed by atoms with E-state index in [4.69, 9.17) is 11.6 Å². The Balaban J connectivity index is 2.61. The molecule has 0 spiro atoms. The first-order chi connectivity index (χ1) is 7.74. The number of hydrogen-bond acceptors (Lipinski definition) is 2. The summed E-state index contributed by atoms with van der Waals surface area (Å²) in [7, 11) is 0. The van der Waals surface area contributed by atoms with Crippen LogP contribution in [0.25, 0.3) is 5.69 Å². The molecule has 0 fully saturated rings. The van der Waals surface area contributed by atoms with E-state index in [1.165, 1.54) is 16.9 Å². The Labute approximate surface area is 97.2 Å². The Bertz CT molecular complexity index is 508. The molecular weight excluding hydrogens is 229 g/mol. The molecule has 0 amide bonds. The molecule has 0 N–H and O–H groups in total. The fraction of sp³-hybridized carbons (Fsp3) is 0.0909. The lowest BCUT2D eigenvalue weighted by Gasteiger charge is -2.09. The molecule has 0 atom stereocenters. The van der Waals surface area contributed by atoms with E-state index in [9.17, 15) is 4.39 Å². The maximum atomic E-state index is 13.8. The SMILES string of the molecule is C=CCc1c(-n2ccnn2)ccc(Cl)c1F. The van der Waals surface area contributed by atoms with Crippen molar-refractivity contribution >= 4 is 11.6 Å². The summed E-state index contributed by atoms with van der Waals surface area (Å²) in [4.78, 5) is 0. The minimum atomic E-state index is -0.436. The number of aromatic nitrogens is 3. The maximum absolute atomic E-state index is 13.8. The van der Waals surface area contributed by atoms with E-state index in [0.717, 1.165) is 0 Å². The van der Waals surface area contributed by atoms with Crippen molar-refractivity contribution in [1.82, 2.24) is 15.0 Å². The van der Waals surface area contributed by atoms with Crippen molar-refractivity contribution < 1.29 is 4.39 Å². The Hall–Kier alpha value is -1.68. The Kier molecular flexibility index (Phi) is 3.01. The van der Waals surface area contributed by atoms with Gasteiger partial charge in [-0.2, -0.15) is 0 Å². The van der Waals surface area contributed by atoms with Crippen molar-refractivity contribution in [3.63, 3.8) is 0 Å². The van der Waals surface area contributed by atoms with E-state index in [-0.39, 0.29) is 5.02 Å². The molecule has 0 unspecified atom stereocenters. The normalized spacial score (nSPS) is 10.4. The molecule has 0 aliphatic heterocycles. The van der Waals surface area contributed by atoms with Gasteiger partial charge < -0.3 is 0 Å². The molecule has 0 bridgehead atoms. The third-order valence-corrected chi connectivity index (χ3v) is 2.48. The Morgan fingerprint density at radius 2 is 2.31 bits per heavy atom. The van der Waals surface area contributed by atoms with Gasteiger partial charge in [0, 0.05) is 5.56 Å². The van der Waals surface area contributed by atoms with Crippen LogP contribution in [-0.2, 0) is 6.42 Å². The van der Waals surface area contributed by atoms with Crippen LogP contribution < -0.4 is 0 Å². The lowest BCUT2D eigenvalue weighted by atomic mass is 10.1. The van der Waals surface area contributed by atoms with Crippen molar-refractivity contribution in [3.8, 4) is 5.69 Å². The second-order valence-electron chi connectivity index (χ2n) is 3.20. The zero-order valence-electron chi connectivity index (χ0n) is 8.40. The van der Waals surface area contributed by atoms with E-state index >= 15 is 0 Å². The predicted octanol–water partition coefficient (Wildman–Crippen LogP) is 2.79. The molecule has 2 aromatic rings. The van der Waals surface area contributed by atoms with Crippen LogP contribution in [0.2, 0.25) is 5.02 Å². The van der Waals surface area contributed by atoms with Crippen LogP contribution in [0.5, 0.6) is 0 Å². The highest BCUT2D eigenvalue weighted by atomic mass is 35.5. The van der Waals surface area contributed by atoms with Crippen LogP contribution in [0.15, 0.2) is 37.2 Å². The number of hydrogen-bond donors (Lipinski definition) is 0. The fourth-order valence-electron chi connectivity index (χ4n) is 1.47. The average molecular weight is 238 g/mol. The van der Waals surface area contributed by atoms with Crippen molar-refractivity contribution in [3.05, 3.63) is 53.6 Å². The van der Waals surface area contributed by atoms with Gasteiger partial charge in [-0.25, -0.2) is 9.07 Å². The standard InChI is InChI=1S/C11H9ClFN3/c1-2-3-8-10(16-7-6-14-15-16)5-4-9(12)11(8)13/h2,4-7H,1,3H2. The largest absolute Gasteiger partial charge is 0.220 e. The van der Waals surface area contributed by atoms with Gasteiger partial charge in [0.1, 0.15) is 5.82 Å². The van der Waals surface area contributed by atoms with Crippen LogP contribution in [0.3, 0.4) is 0 Å². The number of halogens is 2. The van der Waals surface area contributed by atoms with Gasteiger partial charge in [-0.15, -0.1) is 11.7 Å². The smallest absolute Gasteiger partial charge is 0.147 e. The summed E-state index contributed by atoms with van der Waals surface area (Å²) >= 11 is 5.73. The summed E-state index contributed by atoms with van der Waals surface area (Å²) in [6.45, 7) is 3.59. The quantitative estimate of drug-likeness (QED) is 0.769. The van der Waals surface area contributed by atoms with Crippen LogP contribution >= 0.6 is 11.6 Å². The van der Waals surface area contributed by atoms with Gasteiger partial charge in [0.2, 0.25) is 0 Å². The molecule has 3 nitrogen and oxygen atoms in total. The van der Waals surface area contributed by atoms with Gasteiger partial charge in [-0.1, -0.05) is 22.9 Å². The van der Waals surface area contributed by atoms with E-state index in [0.29, 0.717) is 17.7 Å². The molecule has 2 rings (SSSR count). The summed E-state index contributed by atoms with van der Waals surface area (Å²) in [6, 6.07) is 3.21. The van der Waals surface area contributed by atoms with Crippen LogP contribution in [0.4, 0.5) is 4.39 Å². The molecule has 5 heteroatoms. The molecule has 1 heterocycles. The van der Waals surface area contributed by atoms with Gasteiger partial charge >= 0.3 is 0 Å². The number of allylic oxidation sites excluding steroid dienone is 1. The molecular formula is C11H9ClFN3. The average Bonchev–Trinajstić information content (AvgIpc) is 2.79. The number of rotatable bonds is 3. The van der Waals surface area contributed by atoms with E-state index in [1.807, 2.05) is 0 Å². The number of benzene rings is 1. The minimum Gasteiger partial charge on any atom is -0.220 e. The zero-order valence-corrected chi connectivity index (χ0v) is 9.15. The van der Waals surface area contributed by atoms with E-state index in [1.54, 1.807) is 18.3 Å². The highest BCUT2D eigenvalue weighted by Gasteiger charge is 2.12. The molecule has 1 aromatic heterocycles. The highest BCUT2D eigenvalue weighted by molar-refractivity contribution is 6.30. The van der Waals surface area contributed by atoms with Gasteiger partial charge in [0.25, 0.3) is 0 Å². The van der Waals surface area contributed by atoms with Crippen molar-refractivity contribution in [2.75, 3.05) is 0 Å². The van der Waals surface area contributed by atoms with Gasteiger partial charge in [-0.3, -0.25) is 0 Å². The second kappa shape index (κ2) is 4.45. The van der Waals surface area contributed by atoms with Gasteiger partial charge in [0.05, 0.1) is 23.1 Å². The second-order valence-corrected chi connectivity index (χ2v) is 3.61. The molecule has 0 saturated heterocycles. The summed E-state index contributed by atoms with van der Waals surface area (Å²) < 4.78 is 15.3. The molecule has 82 valence electrons. The lowest BCUT2D eigenvalue weighted by Crippen LogP contribution is -2.03. The van der Waals surface area contributed by atoms with Crippen molar-refractivity contribution in [2.24, 2.45) is 0 Å². The molecule has 16 heavy (non-hydrogen) atoms. The first kappa shape index (κ1) is 10.8. The maximum Gasteiger partial charge on any atom is 0.147 e. The van der Waals surface area contributed by atoms with Gasteiger partial charge in [0.15, 0.2) is 0 Å². The van der Waals surface area contributed by atoms with Crippen LogP contribution in [0, 0.1) is 5.82 Å². The third kappa shape index (κ3) is 1.84. The van der Waals surface area contributed by atoms with Gasteiger partial charge in [-0.05, 0) is 18.6 Å². The van der Waals surface area contributed by atoms with Crippen LogP contribution in [0.1, 0.15) is 5.56 Å². The monoisotopic (exact) mass is 237 g/mol. The van der Waals surface area contributed by atoms with E-state index < -0.39 is 5.82 Å². The summed E-state index contributed by atoms with van der Waals surface area (Å²) in [6.07, 6.45) is 5.19. The minimum absolute atomic E-state index is 0.0979. The Morgan fingerprint density at radius 3 is 2.94 bits per heavy atom.